The highest BCUT2D eigenvalue weighted by molar-refractivity contribution is 14.1. The van der Waals surface area contributed by atoms with Crippen molar-refractivity contribution in [1.82, 2.24) is 14.8 Å². The number of hydrogen-bond donors (Lipinski definition) is 1. The summed E-state index contributed by atoms with van der Waals surface area (Å²) in [5.74, 6) is -1.90. The van der Waals surface area contributed by atoms with E-state index in [-0.39, 0.29) is 9.26 Å². The van der Waals surface area contributed by atoms with E-state index in [0.29, 0.717) is 5.56 Å². The van der Waals surface area contributed by atoms with Gasteiger partial charge >= 0.3 is 0 Å². The third kappa shape index (κ3) is 3.36. The molecule has 3 rings (SSSR count). The van der Waals surface area contributed by atoms with Gasteiger partial charge in [-0.05, 0) is 59.0 Å². The maximum absolute atomic E-state index is 13.5. The molecule has 0 unspecified atom stereocenters. The third-order valence-corrected chi connectivity index (χ3v) is 4.09. The first-order valence-electron chi connectivity index (χ1n) is 6.45. The molecule has 0 radical (unpaired) electrons. The maximum atomic E-state index is 13.5. The molecular formula is C15H9F2IN4O. The van der Waals surface area contributed by atoms with Crippen LogP contribution in [0.5, 0.6) is 0 Å². The van der Waals surface area contributed by atoms with E-state index in [1.54, 1.807) is 51.5 Å². The minimum Gasteiger partial charge on any atom is -0.322 e. The molecule has 0 bridgehead atoms. The summed E-state index contributed by atoms with van der Waals surface area (Å²) < 4.78 is 28.4. The zero-order valence-corrected chi connectivity index (χ0v) is 13.7. The number of aromatic nitrogens is 3. The van der Waals surface area contributed by atoms with Gasteiger partial charge in [0.15, 0.2) is 0 Å². The summed E-state index contributed by atoms with van der Waals surface area (Å²) in [6.45, 7) is 0. The predicted octanol–water partition coefficient (Wildman–Crippen LogP) is 3.40. The van der Waals surface area contributed by atoms with Crippen molar-refractivity contribution in [3.63, 3.8) is 0 Å². The molecular weight excluding hydrogens is 417 g/mol. The summed E-state index contributed by atoms with van der Waals surface area (Å²) in [6, 6.07) is 8.72. The van der Waals surface area contributed by atoms with Crippen molar-refractivity contribution in [1.29, 1.82) is 0 Å². The smallest absolute Gasteiger partial charge is 0.255 e. The van der Waals surface area contributed by atoms with Gasteiger partial charge in [0.1, 0.15) is 24.3 Å². The van der Waals surface area contributed by atoms with Crippen LogP contribution in [0.4, 0.5) is 14.5 Å². The van der Waals surface area contributed by atoms with Gasteiger partial charge in [-0.25, -0.2) is 18.4 Å². The number of rotatable bonds is 3. The van der Waals surface area contributed by atoms with Gasteiger partial charge in [0.25, 0.3) is 5.91 Å². The van der Waals surface area contributed by atoms with Crippen molar-refractivity contribution < 1.29 is 13.6 Å². The Bertz CT molecular complexity index is 827. The summed E-state index contributed by atoms with van der Waals surface area (Å²) in [4.78, 5) is 16.0. The third-order valence-electron chi connectivity index (χ3n) is 3.05. The van der Waals surface area contributed by atoms with E-state index in [4.69, 9.17) is 0 Å². The Morgan fingerprint density at radius 2 is 1.78 bits per heavy atom. The van der Waals surface area contributed by atoms with Gasteiger partial charge in [-0.15, -0.1) is 0 Å². The Kier molecular flexibility index (Phi) is 4.33. The molecule has 0 fully saturated rings. The molecule has 0 spiro atoms. The molecule has 0 saturated carbocycles. The average molecular weight is 426 g/mol. The molecule has 2 aromatic carbocycles. The lowest BCUT2D eigenvalue weighted by atomic mass is 10.2. The minimum atomic E-state index is -0.720. The van der Waals surface area contributed by atoms with Gasteiger partial charge in [-0.1, -0.05) is 0 Å². The number of amides is 1. The highest BCUT2D eigenvalue weighted by atomic mass is 127. The van der Waals surface area contributed by atoms with Crippen molar-refractivity contribution >= 4 is 34.2 Å². The molecule has 0 atom stereocenters. The molecule has 5 nitrogen and oxygen atoms in total. The highest BCUT2D eigenvalue weighted by Gasteiger charge is 2.11. The van der Waals surface area contributed by atoms with Crippen LogP contribution < -0.4 is 5.32 Å². The number of benzene rings is 2. The molecule has 116 valence electrons. The molecule has 0 aliphatic heterocycles. The van der Waals surface area contributed by atoms with E-state index in [2.05, 4.69) is 15.4 Å². The molecule has 23 heavy (non-hydrogen) atoms. The molecule has 0 aliphatic rings. The van der Waals surface area contributed by atoms with Crippen LogP contribution in [0.2, 0.25) is 0 Å². The molecule has 1 heterocycles. The van der Waals surface area contributed by atoms with Crippen molar-refractivity contribution in [2.45, 2.75) is 0 Å². The minimum absolute atomic E-state index is 0.0609. The van der Waals surface area contributed by atoms with E-state index in [0.717, 1.165) is 17.8 Å². The van der Waals surface area contributed by atoms with Crippen LogP contribution >= 0.6 is 22.6 Å². The van der Waals surface area contributed by atoms with Crippen LogP contribution in [0.25, 0.3) is 5.69 Å². The van der Waals surface area contributed by atoms with E-state index in [1.165, 1.54) is 12.7 Å². The normalized spacial score (nSPS) is 10.6. The number of halogens is 3. The van der Waals surface area contributed by atoms with Crippen molar-refractivity contribution in [2.75, 3.05) is 5.32 Å². The number of anilines is 1. The summed E-state index contributed by atoms with van der Waals surface area (Å²) in [7, 11) is 0. The number of hydrogen-bond acceptors (Lipinski definition) is 3. The lowest BCUT2D eigenvalue weighted by Crippen LogP contribution is -2.12. The van der Waals surface area contributed by atoms with Gasteiger partial charge in [0.2, 0.25) is 0 Å². The molecule has 1 N–H and O–H groups in total. The summed E-state index contributed by atoms with van der Waals surface area (Å²) in [6.07, 6.45) is 2.94. The fraction of sp³-hybridized carbons (Fsp3) is 0. The first-order chi connectivity index (χ1) is 11.0. The van der Waals surface area contributed by atoms with Crippen LogP contribution in [0.3, 0.4) is 0 Å². The standard InChI is InChI=1S/C15H9F2IN4O/c16-12-5-10(6-13(17)14(12)18)21-15(23)9-1-3-11(4-2-9)22-8-19-7-20-22/h1-8H,(H,21,23). The first kappa shape index (κ1) is 15.5. The van der Waals surface area contributed by atoms with Gasteiger partial charge < -0.3 is 5.32 Å². The van der Waals surface area contributed by atoms with Crippen LogP contribution in [0.1, 0.15) is 10.4 Å². The fourth-order valence-corrected chi connectivity index (χ4v) is 2.25. The number of nitrogens with zero attached hydrogens (tertiary/aromatic N) is 3. The van der Waals surface area contributed by atoms with Crippen molar-refractivity contribution in [3.05, 3.63) is 69.8 Å². The summed E-state index contributed by atoms with van der Waals surface area (Å²) >= 11 is 1.56. The molecule has 8 heteroatoms. The lowest BCUT2D eigenvalue weighted by molar-refractivity contribution is 0.102. The Labute approximate surface area is 143 Å². The summed E-state index contributed by atoms with van der Waals surface area (Å²) in [5, 5.41) is 6.44. The quantitative estimate of drug-likeness (QED) is 0.516. The highest BCUT2D eigenvalue weighted by Crippen LogP contribution is 2.21. The van der Waals surface area contributed by atoms with Gasteiger partial charge in [-0.2, -0.15) is 5.10 Å². The SMILES string of the molecule is O=C(Nc1cc(F)c(I)c(F)c1)c1ccc(-n2cncn2)cc1. The Balaban J connectivity index is 1.78. The summed E-state index contributed by atoms with van der Waals surface area (Å²) in [5.41, 5.74) is 1.16. The molecule has 0 saturated heterocycles. The van der Waals surface area contributed by atoms with Crippen molar-refractivity contribution in [2.24, 2.45) is 0 Å². The molecule has 1 aromatic heterocycles. The largest absolute Gasteiger partial charge is 0.322 e. The second-order valence-corrected chi connectivity index (χ2v) is 5.67. The zero-order chi connectivity index (χ0) is 16.4. The number of carbonyl (C=O) groups is 1. The van der Waals surface area contributed by atoms with E-state index in [9.17, 15) is 13.6 Å². The number of nitrogens with one attached hydrogen (secondary N) is 1. The maximum Gasteiger partial charge on any atom is 0.255 e. The molecule has 1 amide bonds. The number of carbonyl (C=O) groups excluding carboxylic acids is 1. The Morgan fingerprint density at radius 3 is 2.35 bits per heavy atom. The van der Waals surface area contributed by atoms with E-state index < -0.39 is 17.5 Å². The second-order valence-electron chi connectivity index (χ2n) is 4.59. The van der Waals surface area contributed by atoms with Crippen LogP contribution in [0, 0.1) is 15.2 Å². The Hall–Kier alpha value is -2.36. The van der Waals surface area contributed by atoms with Gasteiger partial charge in [0, 0.05) is 11.3 Å². The van der Waals surface area contributed by atoms with E-state index >= 15 is 0 Å². The van der Waals surface area contributed by atoms with E-state index in [1.807, 2.05) is 0 Å². The van der Waals surface area contributed by atoms with Gasteiger partial charge in [-0.3, -0.25) is 4.79 Å². The predicted molar refractivity (Wildman–Crippen MR) is 88.4 cm³/mol. The molecule has 3 aromatic rings. The molecule has 0 aliphatic carbocycles. The van der Waals surface area contributed by atoms with Crippen LogP contribution in [-0.2, 0) is 0 Å². The van der Waals surface area contributed by atoms with Gasteiger partial charge in [0.05, 0.1) is 9.26 Å². The fourth-order valence-electron chi connectivity index (χ4n) is 1.94. The second kappa shape index (κ2) is 6.41. The van der Waals surface area contributed by atoms with Crippen LogP contribution in [0.15, 0.2) is 49.1 Å². The zero-order valence-electron chi connectivity index (χ0n) is 11.5. The van der Waals surface area contributed by atoms with Crippen molar-refractivity contribution in [3.8, 4) is 5.69 Å². The average Bonchev–Trinajstić information content (AvgIpc) is 3.07. The monoisotopic (exact) mass is 426 g/mol. The Morgan fingerprint density at radius 1 is 1.13 bits per heavy atom. The first-order valence-corrected chi connectivity index (χ1v) is 7.53. The lowest BCUT2D eigenvalue weighted by Gasteiger charge is -2.08. The topological polar surface area (TPSA) is 59.8 Å². The van der Waals surface area contributed by atoms with Crippen LogP contribution in [-0.4, -0.2) is 20.7 Å².